The van der Waals surface area contributed by atoms with Crippen molar-refractivity contribution in [3.05, 3.63) is 36.5 Å². The Bertz CT molecular complexity index is 266. The van der Waals surface area contributed by atoms with E-state index in [9.17, 15) is 10.2 Å². The molecule has 0 aromatic heterocycles. The van der Waals surface area contributed by atoms with E-state index >= 15 is 0 Å². The van der Waals surface area contributed by atoms with Gasteiger partial charge in [0.1, 0.15) is 0 Å². The van der Waals surface area contributed by atoms with Gasteiger partial charge in [-0.25, -0.2) is 0 Å². The third-order valence-electron chi connectivity index (χ3n) is 2.70. The topological polar surface area (TPSA) is 40.5 Å². The third-order valence-corrected chi connectivity index (χ3v) is 2.70. The van der Waals surface area contributed by atoms with Gasteiger partial charge in [0.15, 0.2) is 0 Å². The lowest BCUT2D eigenvalue weighted by molar-refractivity contribution is -0.0189. The molecule has 2 heteroatoms. The van der Waals surface area contributed by atoms with E-state index in [4.69, 9.17) is 0 Å². The van der Waals surface area contributed by atoms with Gasteiger partial charge in [-0.3, -0.25) is 0 Å². The summed E-state index contributed by atoms with van der Waals surface area (Å²) in [7, 11) is 0. The SMILES string of the molecule is C=C(C)/C=C/C=C/C1CCC(O)C(O)C1. The summed E-state index contributed by atoms with van der Waals surface area (Å²) in [6, 6.07) is 0. The summed E-state index contributed by atoms with van der Waals surface area (Å²) in [5, 5.41) is 18.8. The highest BCUT2D eigenvalue weighted by Crippen LogP contribution is 2.25. The number of allylic oxidation sites excluding steroid dienone is 5. The molecule has 1 aliphatic carbocycles. The van der Waals surface area contributed by atoms with Crippen LogP contribution in [0, 0.1) is 5.92 Å². The van der Waals surface area contributed by atoms with E-state index in [-0.39, 0.29) is 0 Å². The van der Waals surface area contributed by atoms with Gasteiger partial charge in [0.2, 0.25) is 0 Å². The maximum atomic E-state index is 9.48. The van der Waals surface area contributed by atoms with Crippen LogP contribution in [0.4, 0.5) is 0 Å². The van der Waals surface area contributed by atoms with Gasteiger partial charge in [0.25, 0.3) is 0 Å². The van der Waals surface area contributed by atoms with E-state index in [1.165, 1.54) is 0 Å². The highest BCUT2D eigenvalue weighted by atomic mass is 16.3. The lowest BCUT2D eigenvalue weighted by Gasteiger charge is -2.28. The zero-order valence-corrected chi connectivity index (χ0v) is 9.26. The Morgan fingerprint density at radius 3 is 2.53 bits per heavy atom. The molecule has 0 amide bonds. The normalized spacial score (nSPS) is 32.6. The first kappa shape index (κ1) is 12.2. The van der Waals surface area contributed by atoms with Gasteiger partial charge < -0.3 is 10.2 Å². The molecule has 1 fully saturated rings. The first-order chi connectivity index (χ1) is 7.09. The predicted molar refractivity (Wildman–Crippen MR) is 62.4 cm³/mol. The third kappa shape index (κ3) is 4.45. The van der Waals surface area contributed by atoms with Gasteiger partial charge >= 0.3 is 0 Å². The molecule has 0 saturated heterocycles. The van der Waals surface area contributed by atoms with Crippen LogP contribution in [0.2, 0.25) is 0 Å². The molecule has 3 atom stereocenters. The van der Waals surface area contributed by atoms with Crippen molar-refractivity contribution in [1.82, 2.24) is 0 Å². The minimum Gasteiger partial charge on any atom is -0.390 e. The molecule has 84 valence electrons. The van der Waals surface area contributed by atoms with Crippen LogP contribution in [0.3, 0.4) is 0 Å². The van der Waals surface area contributed by atoms with E-state index in [0.717, 1.165) is 12.0 Å². The van der Waals surface area contributed by atoms with Gasteiger partial charge in [-0.1, -0.05) is 36.5 Å². The molecule has 0 aromatic carbocycles. The lowest BCUT2D eigenvalue weighted by Crippen LogP contribution is -2.32. The highest BCUT2D eigenvalue weighted by Gasteiger charge is 2.25. The molecule has 0 radical (unpaired) electrons. The minimum atomic E-state index is -0.557. The van der Waals surface area contributed by atoms with Crippen molar-refractivity contribution in [3.8, 4) is 0 Å². The van der Waals surface area contributed by atoms with Gasteiger partial charge in [0.05, 0.1) is 12.2 Å². The molecule has 1 aliphatic rings. The first-order valence-electron chi connectivity index (χ1n) is 5.46. The molecule has 2 nitrogen and oxygen atoms in total. The number of rotatable bonds is 3. The fraction of sp³-hybridized carbons (Fsp3) is 0.538. The van der Waals surface area contributed by atoms with Crippen molar-refractivity contribution in [2.45, 2.75) is 38.4 Å². The van der Waals surface area contributed by atoms with E-state index in [0.29, 0.717) is 18.8 Å². The van der Waals surface area contributed by atoms with Crippen LogP contribution in [-0.2, 0) is 0 Å². The number of hydrogen-bond donors (Lipinski definition) is 2. The Morgan fingerprint density at radius 1 is 1.20 bits per heavy atom. The molecule has 1 rings (SSSR count). The van der Waals surface area contributed by atoms with Crippen molar-refractivity contribution in [2.75, 3.05) is 0 Å². The van der Waals surface area contributed by atoms with Crippen molar-refractivity contribution in [3.63, 3.8) is 0 Å². The Hall–Kier alpha value is -0.860. The lowest BCUT2D eigenvalue weighted by atomic mass is 9.85. The summed E-state index contributed by atoms with van der Waals surface area (Å²) in [5.41, 5.74) is 1.03. The Labute approximate surface area is 91.6 Å². The number of aliphatic hydroxyl groups excluding tert-OH is 2. The molecule has 3 unspecified atom stereocenters. The molecular weight excluding hydrogens is 188 g/mol. The van der Waals surface area contributed by atoms with Crippen LogP contribution in [0.5, 0.6) is 0 Å². The van der Waals surface area contributed by atoms with E-state index in [1.54, 1.807) is 0 Å². The monoisotopic (exact) mass is 208 g/mol. The fourth-order valence-corrected chi connectivity index (χ4v) is 1.78. The predicted octanol–water partition coefficient (Wildman–Crippen LogP) is 2.20. The molecule has 0 aliphatic heterocycles. The summed E-state index contributed by atoms with van der Waals surface area (Å²) in [4.78, 5) is 0. The summed E-state index contributed by atoms with van der Waals surface area (Å²) in [6.45, 7) is 5.72. The summed E-state index contributed by atoms with van der Waals surface area (Å²) in [6.07, 6.45) is 9.22. The second-order valence-corrected chi connectivity index (χ2v) is 4.30. The second kappa shape index (κ2) is 5.89. The molecule has 0 heterocycles. The molecular formula is C13H20O2. The van der Waals surface area contributed by atoms with Crippen molar-refractivity contribution in [2.24, 2.45) is 5.92 Å². The fourth-order valence-electron chi connectivity index (χ4n) is 1.78. The zero-order chi connectivity index (χ0) is 11.3. The Kier molecular flexibility index (Phi) is 4.79. The average molecular weight is 208 g/mol. The van der Waals surface area contributed by atoms with E-state index < -0.39 is 12.2 Å². The van der Waals surface area contributed by atoms with Gasteiger partial charge in [-0.05, 0) is 32.1 Å². The molecule has 0 spiro atoms. The van der Waals surface area contributed by atoms with Crippen molar-refractivity contribution >= 4 is 0 Å². The minimum absolute atomic E-state index is 0.387. The van der Waals surface area contributed by atoms with E-state index in [1.807, 2.05) is 25.2 Å². The van der Waals surface area contributed by atoms with Crippen LogP contribution < -0.4 is 0 Å². The largest absolute Gasteiger partial charge is 0.390 e. The maximum Gasteiger partial charge on any atom is 0.0804 e. The molecule has 1 saturated carbocycles. The summed E-state index contributed by atoms with van der Waals surface area (Å²) < 4.78 is 0. The smallest absolute Gasteiger partial charge is 0.0804 e. The Balaban J connectivity index is 2.36. The quantitative estimate of drug-likeness (QED) is 0.698. The molecule has 15 heavy (non-hydrogen) atoms. The second-order valence-electron chi connectivity index (χ2n) is 4.30. The van der Waals surface area contributed by atoms with Crippen molar-refractivity contribution < 1.29 is 10.2 Å². The molecule has 0 aromatic rings. The zero-order valence-electron chi connectivity index (χ0n) is 9.26. The van der Waals surface area contributed by atoms with Crippen LogP contribution in [0.1, 0.15) is 26.2 Å². The van der Waals surface area contributed by atoms with Gasteiger partial charge in [-0.2, -0.15) is 0 Å². The van der Waals surface area contributed by atoms with Crippen LogP contribution >= 0.6 is 0 Å². The number of hydrogen-bond acceptors (Lipinski definition) is 2. The van der Waals surface area contributed by atoms with Gasteiger partial charge in [-0.15, -0.1) is 0 Å². The molecule has 2 N–H and O–H groups in total. The summed E-state index contributed by atoms with van der Waals surface area (Å²) >= 11 is 0. The summed E-state index contributed by atoms with van der Waals surface area (Å²) in [5.74, 6) is 0.387. The van der Waals surface area contributed by atoms with E-state index in [2.05, 4.69) is 12.7 Å². The Morgan fingerprint density at radius 2 is 1.93 bits per heavy atom. The maximum absolute atomic E-state index is 9.48. The van der Waals surface area contributed by atoms with Crippen LogP contribution in [0.25, 0.3) is 0 Å². The average Bonchev–Trinajstić information content (AvgIpc) is 2.18. The van der Waals surface area contributed by atoms with Crippen LogP contribution in [0.15, 0.2) is 36.5 Å². The van der Waals surface area contributed by atoms with Crippen molar-refractivity contribution in [1.29, 1.82) is 0 Å². The van der Waals surface area contributed by atoms with Crippen LogP contribution in [-0.4, -0.2) is 22.4 Å². The molecule has 0 bridgehead atoms. The first-order valence-corrected chi connectivity index (χ1v) is 5.46. The van der Waals surface area contributed by atoms with Gasteiger partial charge in [0, 0.05) is 0 Å². The number of aliphatic hydroxyl groups is 2. The highest BCUT2D eigenvalue weighted by molar-refractivity contribution is 5.17. The standard InChI is InChI=1S/C13H20O2/c1-10(2)5-3-4-6-11-7-8-12(14)13(15)9-11/h3-6,11-15H,1,7-9H2,2H3/b5-3+,6-4+.